The number of amides is 2. The van der Waals surface area contributed by atoms with Crippen LogP contribution in [0.15, 0.2) is 46.2 Å². The molecule has 0 spiro atoms. The summed E-state index contributed by atoms with van der Waals surface area (Å²) in [4.78, 5) is 27.3. The van der Waals surface area contributed by atoms with E-state index >= 15 is 0 Å². The lowest BCUT2D eigenvalue weighted by atomic mass is 10.2. The van der Waals surface area contributed by atoms with Crippen LogP contribution in [0, 0.1) is 12.7 Å². The van der Waals surface area contributed by atoms with Gasteiger partial charge in [-0.1, -0.05) is 0 Å². The number of thioether (sulfide) groups is 1. The van der Waals surface area contributed by atoms with Crippen molar-refractivity contribution in [2.45, 2.75) is 16.7 Å². The van der Waals surface area contributed by atoms with Gasteiger partial charge in [-0.15, -0.1) is 11.8 Å². The number of rotatable bonds is 5. The summed E-state index contributed by atoms with van der Waals surface area (Å²) in [5.41, 5.74) is 1.38. The maximum atomic E-state index is 13.3. The van der Waals surface area contributed by atoms with Crippen molar-refractivity contribution in [3.05, 3.63) is 47.8 Å². The molecule has 1 fully saturated rings. The third-order valence-corrected chi connectivity index (χ3v) is 8.19. The standard InChI is InChI=1S/C21H22FN3O5S2/c1-14-10-15(22)2-4-17(14)23-20(26)12-25-18-11-16(3-5-19(18)31-13-21(25)27)32(28,29)24-6-8-30-9-7-24/h2-5,10-11H,6-9,12-13H2,1H3,(H,23,26). The van der Waals surface area contributed by atoms with Gasteiger partial charge in [-0.2, -0.15) is 4.31 Å². The molecule has 0 saturated carbocycles. The Morgan fingerprint density at radius 2 is 1.94 bits per heavy atom. The molecule has 2 aromatic rings. The van der Waals surface area contributed by atoms with Crippen LogP contribution in [0.25, 0.3) is 0 Å². The Morgan fingerprint density at radius 1 is 1.19 bits per heavy atom. The smallest absolute Gasteiger partial charge is 0.244 e. The number of aryl methyl sites for hydroxylation is 1. The first-order valence-electron chi connectivity index (χ1n) is 9.97. The van der Waals surface area contributed by atoms with Crippen LogP contribution >= 0.6 is 11.8 Å². The third kappa shape index (κ3) is 4.65. The molecule has 1 N–H and O–H groups in total. The van der Waals surface area contributed by atoms with Crippen molar-refractivity contribution < 1.29 is 27.1 Å². The second-order valence-corrected chi connectivity index (χ2v) is 10.4. The maximum Gasteiger partial charge on any atom is 0.244 e. The summed E-state index contributed by atoms with van der Waals surface area (Å²) in [5, 5.41) is 2.69. The fourth-order valence-electron chi connectivity index (χ4n) is 3.55. The molecule has 2 aromatic carbocycles. The molecule has 2 aliphatic heterocycles. The van der Waals surface area contributed by atoms with E-state index in [-0.39, 0.29) is 36.2 Å². The topological polar surface area (TPSA) is 96.0 Å². The molecule has 0 unspecified atom stereocenters. The Hall–Kier alpha value is -2.47. The highest BCUT2D eigenvalue weighted by Gasteiger charge is 2.31. The van der Waals surface area contributed by atoms with Crippen molar-refractivity contribution in [2.75, 3.05) is 48.8 Å². The van der Waals surface area contributed by atoms with Crippen LogP contribution in [0.1, 0.15) is 5.56 Å². The summed E-state index contributed by atoms with van der Waals surface area (Å²) in [6.45, 7) is 2.55. The van der Waals surface area contributed by atoms with Crippen LogP contribution in [0.2, 0.25) is 0 Å². The molecular formula is C21H22FN3O5S2. The SMILES string of the molecule is Cc1cc(F)ccc1NC(=O)CN1C(=O)CSc2ccc(S(=O)(=O)N3CCOCC3)cc21. The number of fused-ring (bicyclic) bond motifs is 1. The monoisotopic (exact) mass is 479 g/mol. The highest BCUT2D eigenvalue weighted by atomic mass is 32.2. The summed E-state index contributed by atoms with van der Waals surface area (Å²) >= 11 is 1.30. The van der Waals surface area contributed by atoms with E-state index in [2.05, 4.69) is 5.32 Å². The number of anilines is 2. The predicted molar refractivity (Wildman–Crippen MR) is 119 cm³/mol. The number of hydrogen-bond acceptors (Lipinski definition) is 6. The Balaban J connectivity index is 1.59. The van der Waals surface area contributed by atoms with E-state index in [0.717, 1.165) is 4.90 Å². The molecule has 0 aliphatic carbocycles. The minimum atomic E-state index is -3.75. The minimum absolute atomic E-state index is 0.0632. The van der Waals surface area contributed by atoms with E-state index in [1.165, 1.54) is 51.3 Å². The Labute approximate surface area is 189 Å². The summed E-state index contributed by atoms with van der Waals surface area (Å²) < 4.78 is 46.0. The predicted octanol–water partition coefficient (Wildman–Crippen LogP) is 2.23. The fourth-order valence-corrected chi connectivity index (χ4v) is 5.90. The molecule has 0 aromatic heterocycles. The summed E-state index contributed by atoms with van der Waals surface area (Å²) in [7, 11) is -3.75. The molecule has 2 heterocycles. The summed E-state index contributed by atoms with van der Waals surface area (Å²) in [6, 6.07) is 8.62. The molecule has 170 valence electrons. The van der Waals surface area contributed by atoms with Crippen LogP contribution < -0.4 is 10.2 Å². The van der Waals surface area contributed by atoms with Gasteiger partial charge in [0.05, 0.1) is 29.5 Å². The van der Waals surface area contributed by atoms with Crippen molar-refractivity contribution >= 4 is 45.0 Å². The Kier molecular flexibility index (Phi) is 6.52. The van der Waals surface area contributed by atoms with Gasteiger partial charge in [-0.25, -0.2) is 12.8 Å². The van der Waals surface area contributed by atoms with Gasteiger partial charge in [0.25, 0.3) is 0 Å². The zero-order valence-electron chi connectivity index (χ0n) is 17.3. The van der Waals surface area contributed by atoms with Crippen LogP contribution in [-0.4, -0.2) is 63.1 Å². The number of morpholine rings is 1. The van der Waals surface area contributed by atoms with E-state index in [1.807, 2.05) is 0 Å². The zero-order chi connectivity index (χ0) is 22.9. The van der Waals surface area contributed by atoms with Gasteiger partial charge in [0, 0.05) is 23.7 Å². The normalized spacial score (nSPS) is 17.2. The highest BCUT2D eigenvalue weighted by Crippen LogP contribution is 2.37. The highest BCUT2D eigenvalue weighted by molar-refractivity contribution is 8.00. The lowest BCUT2D eigenvalue weighted by molar-refractivity contribution is -0.120. The molecule has 8 nitrogen and oxygen atoms in total. The number of nitrogens with one attached hydrogen (secondary N) is 1. The number of sulfonamides is 1. The number of carbonyl (C=O) groups is 2. The minimum Gasteiger partial charge on any atom is -0.379 e. The third-order valence-electron chi connectivity index (χ3n) is 5.25. The average molecular weight is 480 g/mol. The second kappa shape index (κ2) is 9.18. The maximum absolute atomic E-state index is 13.3. The van der Waals surface area contributed by atoms with E-state index in [9.17, 15) is 22.4 Å². The Morgan fingerprint density at radius 3 is 2.66 bits per heavy atom. The van der Waals surface area contributed by atoms with Gasteiger partial charge in [-0.3, -0.25) is 9.59 Å². The van der Waals surface area contributed by atoms with Crippen molar-refractivity contribution in [1.29, 1.82) is 0 Å². The van der Waals surface area contributed by atoms with Crippen LogP contribution in [0.5, 0.6) is 0 Å². The number of nitrogens with zero attached hydrogens (tertiary/aromatic N) is 2. The lowest BCUT2D eigenvalue weighted by Gasteiger charge is -2.30. The summed E-state index contributed by atoms with van der Waals surface area (Å²) in [5.74, 6) is -1.03. The number of ether oxygens (including phenoxy) is 1. The molecule has 0 radical (unpaired) electrons. The fraction of sp³-hybridized carbons (Fsp3) is 0.333. The molecule has 0 atom stereocenters. The van der Waals surface area contributed by atoms with Gasteiger partial charge in [0.1, 0.15) is 12.4 Å². The molecule has 32 heavy (non-hydrogen) atoms. The van der Waals surface area contributed by atoms with Gasteiger partial charge in [0.15, 0.2) is 0 Å². The average Bonchev–Trinajstić information content (AvgIpc) is 2.78. The van der Waals surface area contributed by atoms with Crippen molar-refractivity contribution in [1.82, 2.24) is 4.31 Å². The van der Waals surface area contributed by atoms with Gasteiger partial charge >= 0.3 is 0 Å². The molecule has 2 aliphatic rings. The summed E-state index contributed by atoms with van der Waals surface area (Å²) in [6.07, 6.45) is 0. The first-order valence-corrected chi connectivity index (χ1v) is 12.4. The van der Waals surface area contributed by atoms with Crippen molar-refractivity contribution in [2.24, 2.45) is 0 Å². The first-order chi connectivity index (χ1) is 15.3. The zero-order valence-corrected chi connectivity index (χ0v) is 19.0. The molecule has 11 heteroatoms. The second-order valence-electron chi connectivity index (χ2n) is 7.42. The van der Waals surface area contributed by atoms with Crippen molar-refractivity contribution in [3.63, 3.8) is 0 Å². The molecule has 1 saturated heterocycles. The van der Waals surface area contributed by atoms with E-state index in [4.69, 9.17) is 4.74 Å². The van der Waals surface area contributed by atoms with Crippen LogP contribution in [-0.2, 0) is 24.3 Å². The molecule has 2 amide bonds. The molecular weight excluding hydrogens is 457 g/mol. The molecule has 4 rings (SSSR count). The van der Waals surface area contributed by atoms with Crippen LogP contribution in [0.4, 0.5) is 15.8 Å². The van der Waals surface area contributed by atoms with Crippen molar-refractivity contribution in [3.8, 4) is 0 Å². The number of hydrogen-bond donors (Lipinski definition) is 1. The quantitative estimate of drug-likeness (QED) is 0.707. The lowest BCUT2D eigenvalue weighted by Crippen LogP contribution is -2.42. The van der Waals surface area contributed by atoms with E-state index < -0.39 is 21.7 Å². The van der Waals surface area contributed by atoms with E-state index in [0.29, 0.717) is 30.2 Å². The number of carbonyl (C=O) groups excluding carboxylic acids is 2. The van der Waals surface area contributed by atoms with Gasteiger partial charge < -0.3 is 15.0 Å². The number of benzene rings is 2. The van der Waals surface area contributed by atoms with E-state index in [1.54, 1.807) is 13.0 Å². The Bertz CT molecular complexity index is 1170. The van der Waals surface area contributed by atoms with Crippen LogP contribution in [0.3, 0.4) is 0 Å². The molecule has 0 bridgehead atoms. The first kappa shape index (κ1) is 22.7. The largest absolute Gasteiger partial charge is 0.379 e. The number of halogens is 1. The van der Waals surface area contributed by atoms with Gasteiger partial charge in [-0.05, 0) is 48.9 Å². The van der Waals surface area contributed by atoms with Gasteiger partial charge in [0.2, 0.25) is 21.8 Å².